The number of carbonyl (C=O) groups is 2. The van der Waals surface area contributed by atoms with Crippen molar-refractivity contribution in [1.82, 2.24) is 10.6 Å². The number of halogens is 1. The van der Waals surface area contributed by atoms with Crippen molar-refractivity contribution >= 4 is 35.6 Å². The minimum atomic E-state index is -0.208. The smallest absolute Gasteiger partial charge is 0.251 e. The normalized spacial score (nSPS) is 23.4. The van der Waals surface area contributed by atoms with E-state index in [1.165, 1.54) is 0 Å². The van der Waals surface area contributed by atoms with E-state index in [0.717, 1.165) is 31.6 Å². The maximum absolute atomic E-state index is 12.4. The predicted molar refractivity (Wildman–Crippen MR) is 93.5 cm³/mol. The number of carbonyl (C=O) groups excluding carboxylic acids is 2. The van der Waals surface area contributed by atoms with Crippen molar-refractivity contribution in [1.29, 1.82) is 0 Å². The summed E-state index contributed by atoms with van der Waals surface area (Å²) < 4.78 is 0. The van der Waals surface area contributed by atoms with E-state index >= 15 is 0 Å². The van der Waals surface area contributed by atoms with Gasteiger partial charge in [-0.25, -0.2) is 0 Å². The predicted octanol–water partition coefficient (Wildman–Crippen LogP) is 1.37. The van der Waals surface area contributed by atoms with Crippen molar-refractivity contribution in [2.45, 2.75) is 31.8 Å². The van der Waals surface area contributed by atoms with Crippen LogP contribution >= 0.6 is 12.4 Å². The lowest BCUT2D eigenvalue weighted by molar-refractivity contribution is -0.117. The molecule has 1 aromatic rings. The zero-order valence-electron chi connectivity index (χ0n) is 13.4. The number of fused-ring (bicyclic) bond motifs is 1. The molecular formula is C16H23ClN4O2. The van der Waals surface area contributed by atoms with E-state index in [0.29, 0.717) is 11.3 Å². The van der Waals surface area contributed by atoms with Gasteiger partial charge in [-0.05, 0) is 44.5 Å². The second-order valence-electron chi connectivity index (χ2n) is 6.02. The standard InChI is InChI=1S/C16H22N4O2.ClH/c1-10-15(21)19-13-8-11(5-6-14(13)20(10)2)16(22)18-12-4-3-7-17-9-12;/h5-6,8,10,12,17H,3-4,7,9H2,1-2H3,(H,18,22)(H,19,21);1H/t10?,12-;/m0./s1. The summed E-state index contributed by atoms with van der Waals surface area (Å²) >= 11 is 0. The molecule has 1 aromatic carbocycles. The van der Waals surface area contributed by atoms with Crippen LogP contribution in [0.15, 0.2) is 18.2 Å². The molecule has 2 amide bonds. The molecule has 2 aliphatic rings. The van der Waals surface area contributed by atoms with Gasteiger partial charge in [-0.15, -0.1) is 12.4 Å². The molecule has 2 aliphatic heterocycles. The van der Waals surface area contributed by atoms with Gasteiger partial charge in [-0.2, -0.15) is 0 Å². The molecule has 0 radical (unpaired) electrons. The SMILES string of the molecule is CC1C(=O)Nc2cc(C(=O)N[C@H]3CCCNC3)ccc2N1C.Cl. The minimum absolute atomic E-state index is 0. The summed E-state index contributed by atoms with van der Waals surface area (Å²) in [6, 6.07) is 5.42. The van der Waals surface area contributed by atoms with Crippen molar-refractivity contribution in [2.75, 3.05) is 30.4 Å². The van der Waals surface area contributed by atoms with E-state index in [-0.39, 0.29) is 36.3 Å². The van der Waals surface area contributed by atoms with E-state index in [9.17, 15) is 9.59 Å². The molecular weight excluding hydrogens is 316 g/mol. The quantitative estimate of drug-likeness (QED) is 0.761. The lowest BCUT2D eigenvalue weighted by Crippen LogP contribution is -2.46. The Morgan fingerprint density at radius 1 is 1.39 bits per heavy atom. The van der Waals surface area contributed by atoms with Crippen LogP contribution in [0.4, 0.5) is 11.4 Å². The van der Waals surface area contributed by atoms with Crippen LogP contribution in [0, 0.1) is 0 Å². The first kappa shape index (κ1) is 17.6. The summed E-state index contributed by atoms with van der Waals surface area (Å²) in [6.45, 7) is 3.68. The first-order chi connectivity index (χ1) is 10.6. The summed E-state index contributed by atoms with van der Waals surface area (Å²) in [7, 11) is 1.88. The number of rotatable bonds is 2. The molecule has 2 atom stereocenters. The summed E-state index contributed by atoms with van der Waals surface area (Å²) in [5.41, 5.74) is 2.20. The number of nitrogens with zero attached hydrogens (tertiary/aromatic N) is 1. The van der Waals surface area contributed by atoms with Gasteiger partial charge in [0.25, 0.3) is 5.91 Å². The Hall–Kier alpha value is -1.79. The highest BCUT2D eigenvalue weighted by Gasteiger charge is 2.27. The van der Waals surface area contributed by atoms with Crippen LogP contribution in [-0.4, -0.2) is 44.0 Å². The molecule has 0 aromatic heterocycles. The number of piperidine rings is 1. The van der Waals surface area contributed by atoms with Gasteiger partial charge in [0, 0.05) is 25.2 Å². The molecule has 2 heterocycles. The molecule has 7 heteroatoms. The zero-order chi connectivity index (χ0) is 15.7. The molecule has 6 nitrogen and oxygen atoms in total. The van der Waals surface area contributed by atoms with Gasteiger partial charge in [0.05, 0.1) is 11.4 Å². The van der Waals surface area contributed by atoms with Crippen LogP contribution in [0.2, 0.25) is 0 Å². The number of benzene rings is 1. The number of nitrogens with one attached hydrogen (secondary N) is 3. The molecule has 0 aliphatic carbocycles. The van der Waals surface area contributed by atoms with Gasteiger partial charge < -0.3 is 20.9 Å². The molecule has 1 unspecified atom stereocenters. The average Bonchev–Trinajstić information content (AvgIpc) is 2.53. The van der Waals surface area contributed by atoms with Gasteiger partial charge in [0.1, 0.15) is 6.04 Å². The first-order valence-corrected chi connectivity index (χ1v) is 7.75. The maximum atomic E-state index is 12.4. The van der Waals surface area contributed by atoms with Crippen molar-refractivity contribution in [3.63, 3.8) is 0 Å². The third-order valence-electron chi connectivity index (χ3n) is 4.49. The summed E-state index contributed by atoms with van der Waals surface area (Å²) in [6.07, 6.45) is 2.08. The Kier molecular flexibility index (Phi) is 5.49. The fraction of sp³-hybridized carbons (Fsp3) is 0.500. The van der Waals surface area contributed by atoms with E-state index in [1.54, 1.807) is 6.07 Å². The number of hydrogen-bond donors (Lipinski definition) is 3. The van der Waals surface area contributed by atoms with Crippen LogP contribution < -0.4 is 20.9 Å². The molecule has 1 saturated heterocycles. The molecule has 126 valence electrons. The Labute approximate surface area is 142 Å². The van der Waals surface area contributed by atoms with E-state index in [2.05, 4.69) is 16.0 Å². The van der Waals surface area contributed by atoms with Crippen LogP contribution in [0.5, 0.6) is 0 Å². The molecule has 23 heavy (non-hydrogen) atoms. The average molecular weight is 339 g/mol. The van der Waals surface area contributed by atoms with Gasteiger partial charge in [0.15, 0.2) is 0 Å². The van der Waals surface area contributed by atoms with Crippen molar-refractivity contribution in [2.24, 2.45) is 0 Å². The number of hydrogen-bond acceptors (Lipinski definition) is 4. The van der Waals surface area contributed by atoms with E-state index < -0.39 is 0 Å². The van der Waals surface area contributed by atoms with Crippen LogP contribution in [-0.2, 0) is 4.79 Å². The minimum Gasteiger partial charge on any atom is -0.361 e. The van der Waals surface area contributed by atoms with Crippen LogP contribution in [0.25, 0.3) is 0 Å². The highest BCUT2D eigenvalue weighted by molar-refractivity contribution is 6.05. The zero-order valence-corrected chi connectivity index (χ0v) is 14.2. The molecule has 0 bridgehead atoms. The van der Waals surface area contributed by atoms with Crippen molar-refractivity contribution < 1.29 is 9.59 Å². The Bertz CT molecular complexity index is 602. The molecule has 1 fully saturated rings. The fourth-order valence-corrected chi connectivity index (χ4v) is 2.95. The largest absolute Gasteiger partial charge is 0.361 e. The third kappa shape index (κ3) is 3.59. The molecule has 0 spiro atoms. The highest BCUT2D eigenvalue weighted by Crippen LogP contribution is 2.31. The van der Waals surface area contributed by atoms with Crippen molar-refractivity contribution in [3.05, 3.63) is 23.8 Å². The summed E-state index contributed by atoms with van der Waals surface area (Å²) in [5.74, 6) is -0.143. The van der Waals surface area contributed by atoms with Gasteiger partial charge in [-0.1, -0.05) is 0 Å². The molecule has 3 N–H and O–H groups in total. The maximum Gasteiger partial charge on any atom is 0.251 e. The van der Waals surface area contributed by atoms with Crippen LogP contribution in [0.1, 0.15) is 30.1 Å². The third-order valence-corrected chi connectivity index (χ3v) is 4.49. The second-order valence-corrected chi connectivity index (χ2v) is 6.02. The second kappa shape index (κ2) is 7.19. The Morgan fingerprint density at radius 2 is 2.17 bits per heavy atom. The van der Waals surface area contributed by atoms with Gasteiger partial charge in [0.2, 0.25) is 5.91 Å². The van der Waals surface area contributed by atoms with E-state index in [1.807, 2.05) is 31.0 Å². The number of likely N-dealkylation sites (N-methyl/N-ethyl adjacent to an activating group) is 1. The fourth-order valence-electron chi connectivity index (χ4n) is 2.95. The van der Waals surface area contributed by atoms with Gasteiger partial charge in [-0.3, -0.25) is 9.59 Å². The summed E-state index contributed by atoms with van der Waals surface area (Å²) in [4.78, 5) is 26.2. The molecule has 0 saturated carbocycles. The monoisotopic (exact) mass is 338 g/mol. The lowest BCUT2D eigenvalue weighted by atomic mass is 10.0. The highest BCUT2D eigenvalue weighted by atomic mass is 35.5. The topological polar surface area (TPSA) is 73.5 Å². The Morgan fingerprint density at radius 3 is 2.87 bits per heavy atom. The number of anilines is 2. The van der Waals surface area contributed by atoms with Crippen molar-refractivity contribution in [3.8, 4) is 0 Å². The Balaban J connectivity index is 0.00000192. The van der Waals surface area contributed by atoms with Gasteiger partial charge >= 0.3 is 0 Å². The summed E-state index contributed by atoms with van der Waals surface area (Å²) in [5, 5.41) is 9.19. The molecule has 3 rings (SSSR count). The van der Waals surface area contributed by atoms with E-state index in [4.69, 9.17) is 0 Å². The van der Waals surface area contributed by atoms with Crippen LogP contribution in [0.3, 0.4) is 0 Å². The lowest BCUT2D eigenvalue weighted by Gasteiger charge is -2.33. The number of amides is 2. The first-order valence-electron chi connectivity index (χ1n) is 7.75.